The number of nitrogens with one attached hydrogen (secondary N) is 2. The van der Waals surface area contributed by atoms with Crippen molar-refractivity contribution in [2.75, 3.05) is 18.6 Å². The van der Waals surface area contributed by atoms with Gasteiger partial charge in [0.25, 0.3) is 0 Å². The third-order valence-corrected chi connectivity index (χ3v) is 2.45. The normalized spacial score (nSPS) is 11.9. The highest BCUT2D eigenvalue weighted by atomic mass is 32.2. The molecule has 15 heavy (non-hydrogen) atoms. The molecular weight excluding hydrogens is 216 g/mol. The molecule has 0 spiro atoms. The maximum absolute atomic E-state index is 11.2. The van der Waals surface area contributed by atoms with E-state index in [-0.39, 0.29) is 18.5 Å². The number of carboxylic acid groups (broad SMARTS) is 1. The minimum absolute atomic E-state index is 0.0353. The van der Waals surface area contributed by atoms with Gasteiger partial charge in [0.05, 0.1) is 6.42 Å². The number of hydrogen-bond donors (Lipinski definition) is 3. The van der Waals surface area contributed by atoms with Crippen molar-refractivity contribution in [1.82, 2.24) is 10.6 Å². The van der Waals surface area contributed by atoms with E-state index < -0.39 is 5.97 Å². The number of rotatable bonds is 7. The van der Waals surface area contributed by atoms with E-state index in [1.165, 1.54) is 0 Å². The zero-order chi connectivity index (χ0) is 11.7. The lowest BCUT2D eigenvalue weighted by atomic mass is 10.1. The van der Waals surface area contributed by atoms with E-state index in [0.717, 1.165) is 5.75 Å². The van der Waals surface area contributed by atoms with Gasteiger partial charge >= 0.3 is 12.0 Å². The SMILES string of the molecule is CCC(CC(=O)O)NC(=O)NCCSC. The van der Waals surface area contributed by atoms with Gasteiger partial charge in [0.2, 0.25) is 0 Å². The van der Waals surface area contributed by atoms with Crippen molar-refractivity contribution >= 4 is 23.8 Å². The fourth-order valence-electron chi connectivity index (χ4n) is 1.01. The lowest BCUT2D eigenvalue weighted by Gasteiger charge is -2.15. The van der Waals surface area contributed by atoms with Crippen molar-refractivity contribution in [1.29, 1.82) is 0 Å². The minimum Gasteiger partial charge on any atom is -0.481 e. The maximum atomic E-state index is 11.2. The summed E-state index contributed by atoms with van der Waals surface area (Å²) < 4.78 is 0. The average molecular weight is 234 g/mol. The Kier molecular flexibility index (Phi) is 7.89. The predicted octanol–water partition coefficient (Wildman–Crippen LogP) is 0.902. The average Bonchev–Trinajstić information content (AvgIpc) is 2.16. The smallest absolute Gasteiger partial charge is 0.315 e. The van der Waals surface area contributed by atoms with E-state index in [4.69, 9.17) is 5.11 Å². The van der Waals surface area contributed by atoms with Crippen molar-refractivity contribution in [3.63, 3.8) is 0 Å². The standard InChI is InChI=1S/C9H18N2O3S/c1-3-7(6-8(12)13)11-9(14)10-4-5-15-2/h7H,3-6H2,1-2H3,(H,12,13)(H2,10,11,14). The van der Waals surface area contributed by atoms with Gasteiger partial charge in [-0.1, -0.05) is 6.92 Å². The summed E-state index contributed by atoms with van der Waals surface area (Å²) in [4.78, 5) is 21.7. The molecule has 0 aliphatic rings. The molecular formula is C9H18N2O3S. The van der Waals surface area contributed by atoms with Crippen LogP contribution in [0, 0.1) is 0 Å². The van der Waals surface area contributed by atoms with Crippen LogP contribution in [-0.4, -0.2) is 41.7 Å². The molecule has 0 bridgehead atoms. The van der Waals surface area contributed by atoms with Crippen LogP contribution in [0.5, 0.6) is 0 Å². The fourth-order valence-corrected chi connectivity index (χ4v) is 1.32. The first-order valence-corrected chi connectivity index (χ1v) is 6.24. The molecule has 0 saturated heterocycles. The summed E-state index contributed by atoms with van der Waals surface area (Å²) in [7, 11) is 0. The van der Waals surface area contributed by atoms with E-state index in [1.54, 1.807) is 11.8 Å². The third-order valence-electron chi connectivity index (χ3n) is 1.84. The maximum Gasteiger partial charge on any atom is 0.315 e. The summed E-state index contributed by atoms with van der Waals surface area (Å²) in [5.74, 6) is -0.0466. The molecule has 0 saturated carbocycles. The van der Waals surface area contributed by atoms with Gasteiger partial charge in [-0.2, -0.15) is 11.8 Å². The Bertz CT molecular complexity index is 212. The Balaban J connectivity index is 3.75. The van der Waals surface area contributed by atoms with Crippen LogP contribution in [-0.2, 0) is 4.79 Å². The van der Waals surface area contributed by atoms with Crippen LogP contribution in [0.3, 0.4) is 0 Å². The molecule has 5 nitrogen and oxygen atoms in total. The Morgan fingerprint density at radius 1 is 1.47 bits per heavy atom. The molecule has 0 aromatic heterocycles. The molecule has 2 amide bonds. The first-order chi connectivity index (χ1) is 7.10. The van der Waals surface area contributed by atoms with Gasteiger partial charge in [-0.15, -0.1) is 0 Å². The van der Waals surface area contributed by atoms with Gasteiger partial charge in [-0.3, -0.25) is 4.79 Å². The summed E-state index contributed by atoms with van der Waals surface area (Å²) in [6, 6.07) is -0.589. The summed E-state index contributed by atoms with van der Waals surface area (Å²) >= 11 is 1.64. The van der Waals surface area contributed by atoms with Crippen LogP contribution in [0.15, 0.2) is 0 Å². The molecule has 0 aromatic rings. The molecule has 0 aromatic carbocycles. The van der Waals surface area contributed by atoms with Crippen molar-refractivity contribution in [3.8, 4) is 0 Å². The van der Waals surface area contributed by atoms with Gasteiger partial charge in [-0.05, 0) is 12.7 Å². The van der Waals surface area contributed by atoms with Crippen LogP contribution in [0.2, 0.25) is 0 Å². The number of amides is 2. The van der Waals surface area contributed by atoms with Crippen LogP contribution in [0.1, 0.15) is 19.8 Å². The minimum atomic E-state index is -0.897. The molecule has 0 heterocycles. The van der Waals surface area contributed by atoms with Crippen LogP contribution >= 0.6 is 11.8 Å². The summed E-state index contributed by atoms with van der Waals surface area (Å²) in [5, 5.41) is 13.8. The molecule has 1 atom stereocenters. The van der Waals surface area contributed by atoms with E-state index >= 15 is 0 Å². The summed E-state index contributed by atoms with van der Waals surface area (Å²) in [6.45, 7) is 2.44. The van der Waals surface area contributed by atoms with Gasteiger partial charge < -0.3 is 15.7 Å². The number of thioether (sulfide) groups is 1. The van der Waals surface area contributed by atoms with Crippen molar-refractivity contribution in [3.05, 3.63) is 0 Å². The molecule has 0 radical (unpaired) electrons. The number of hydrogen-bond acceptors (Lipinski definition) is 3. The van der Waals surface area contributed by atoms with Crippen LogP contribution < -0.4 is 10.6 Å². The first kappa shape index (κ1) is 14.1. The Hall–Kier alpha value is -0.910. The van der Waals surface area contributed by atoms with Crippen molar-refractivity contribution in [2.24, 2.45) is 0 Å². The topological polar surface area (TPSA) is 78.4 Å². The Morgan fingerprint density at radius 2 is 2.13 bits per heavy atom. The number of urea groups is 1. The van der Waals surface area contributed by atoms with Gasteiger partial charge in [0.15, 0.2) is 0 Å². The van der Waals surface area contributed by atoms with E-state index in [1.807, 2.05) is 13.2 Å². The second-order valence-electron chi connectivity index (χ2n) is 3.10. The first-order valence-electron chi connectivity index (χ1n) is 4.85. The van der Waals surface area contributed by atoms with E-state index in [2.05, 4.69) is 10.6 Å². The lowest BCUT2D eigenvalue weighted by Crippen LogP contribution is -2.43. The Labute approximate surface area is 94.0 Å². The molecule has 0 aliphatic carbocycles. The summed E-state index contributed by atoms with van der Waals surface area (Å²) in [6.07, 6.45) is 2.54. The van der Waals surface area contributed by atoms with Gasteiger partial charge in [0.1, 0.15) is 0 Å². The number of aliphatic carboxylic acids is 1. The largest absolute Gasteiger partial charge is 0.481 e. The van der Waals surface area contributed by atoms with Crippen molar-refractivity contribution in [2.45, 2.75) is 25.8 Å². The Morgan fingerprint density at radius 3 is 2.60 bits per heavy atom. The molecule has 0 fully saturated rings. The zero-order valence-corrected chi connectivity index (χ0v) is 9.89. The predicted molar refractivity (Wildman–Crippen MR) is 61.2 cm³/mol. The second-order valence-corrected chi connectivity index (χ2v) is 4.08. The number of carbonyl (C=O) groups is 2. The quantitative estimate of drug-likeness (QED) is 0.572. The van der Waals surface area contributed by atoms with Crippen molar-refractivity contribution < 1.29 is 14.7 Å². The van der Waals surface area contributed by atoms with Gasteiger partial charge in [0, 0.05) is 18.3 Å². The van der Waals surface area contributed by atoms with E-state index in [0.29, 0.717) is 13.0 Å². The molecule has 1 unspecified atom stereocenters. The fraction of sp³-hybridized carbons (Fsp3) is 0.778. The monoisotopic (exact) mass is 234 g/mol. The summed E-state index contributed by atoms with van der Waals surface area (Å²) in [5.41, 5.74) is 0. The third kappa shape index (κ3) is 8.11. The van der Waals surface area contributed by atoms with E-state index in [9.17, 15) is 9.59 Å². The molecule has 88 valence electrons. The second kappa shape index (κ2) is 8.40. The molecule has 6 heteroatoms. The van der Waals surface area contributed by atoms with Crippen LogP contribution in [0.4, 0.5) is 4.79 Å². The molecule has 0 aliphatic heterocycles. The molecule has 3 N–H and O–H groups in total. The lowest BCUT2D eigenvalue weighted by molar-refractivity contribution is -0.137. The highest BCUT2D eigenvalue weighted by Gasteiger charge is 2.13. The number of carboxylic acids is 1. The zero-order valence-electron chi connectivity index (χ0n) is 9.08. The van der Waals surface area contributed by atoms with Gasteiger partial charge in [-0.25, -0.2) is 4.79 Å². The molecule has 0 rings (SSSR count). The van der Waals surface area contributed by atoms with Crippen LogP contribution in [0.25, 0.3) is 0 Å². The highest BCUT2D eigenvalue weighted by Crippen LogP contribution is 1.97. The number of carbonyl (C=O) groups excluding carboxylic acids is 1. The highest BCUT2D eigenvalue weighted by molar-refractivity contribution is 7.98.